The molecule has 1 atom stereocenters. The molecule has 0 bridgehead atoms. The number of nitrogens with one attached hydrogen (secondary N) is 2. The van der Waals surface area contributed by atoms with Gasteiger partial charge in [0.05, 0.1) is 12.8 Å². The molecule has 0 spiro atoms. The number of amides is 3. The van der Waals surface area contributed by atoms with E-state index in [9.17, 15) is 14.4 Å². The van der Waals surface area contributed by atoms with Crippen molar-refractivity contribution in [2.45, 2.75) is 37.8 Å². The molecule has 1 aliphatic rings. The van der Waals surface area contributed by atoms with Crippen molar-refractivity contribution in [3.8, 4) is 5.75 Å². The molecular weight excluding hydrogens is 504 g/mol. The number of hydrogen-bond acceptors (Lipinski definition) is 7. The molecule has 6 N–H and O–H groups in total. The maximum Gasteiger partial charge on any atom is 0.273 e. The van der Waals surface area contributed by atoms with Crippen molar-refractivity contribution >= 4 is 51.5 Å². The Kier molecular flexibility index (Phi) is 7.01. The van der Waals surface area contributed by atoms with E-state index < -0.39 is 17.9 Å². The van der Waals surface area contributed by atoms with E-state index in [4.69, 9.17) is 16.2 Å². The zero-order valence-electron chi connectivity index (χ0n) is 20.8. The minimum atomic E-state index is -1.05. The van der Waals surface area contributed by atoms with E-state index in [1.165, 1.54) is 4.90 Å². The summed E-state index contributed by atoms with van der Waals surface area (Å²) in [7, 11) is 1.55. The van der Waals surface area contributed by atoms with E-state index in [1.54, 1.807) is 37.6 Å². The number of nitrogen functional groups attached to an aromatic ring is 1. The lowest BCUT2D eigenvalue weighted by atomic mass is 10.0. The third-order valence-electron chi connectivity index (χ3n) is 6.85. The Labute approximate surface area is 223 Å². The molecule has 0 radical (unpaired) electrons. The third-order valence-corrected chi connectivity index (χ3v) is 7.70. The van der Waals surface area contributed by atoms with Gasteiger partial charge in [-0.1, -0.05) is 31.0 Å². The Balaban J connectivity index is 1.68. The Morgan fingerprint density at radius 3 is 2.50 bits per heavy atom. The summed E-state index contributed by atoms with van der Waals surface area (Å²) >= 11 is 0.775. The lowest BCUT2D eigenvalue weighted by Gasteiger charge is -2.32. The number of anilines is 2. The second kappa shape index (κ2) is 10.5. The fourth-order valence-corrected chi connectivity index (χ4v) is 5.68. The molecule has 2 heterocycles. The quantitative estimate of drug-likeness (QED) is 0.271. The highest BCUT2D eigenvalue weighted by Crippen LogP contribution is 2.37. The van der Waals surface area contributed by atoms with E-state index in [-0.39, 0.29) is 28.2 Å². The first-order chi connectivity index (χ1) is 18.4. The van der Waals surface area contributed by atoms with Gasteiger partial charge in [0.2, 0.25) is 5.91 Å². The fourth-order valence-electron chi connectivity index (χ4n) is 4.93. The number of rotatable bonds is 8. The number of carbonyl (C=O) groups excluding carboxylic acids is 3. The highest BCUT2D eigenvalue weighted by Gasteiger charge is 2.38. The number of nitrogens with zero attached hydrogens (tertiary/aromatic N) is 2. The van der Waals surface area contributed by atoms with E-state index in [0.717, 1.165) is 48.1 Å². The molecule has 3 amide bonds. The summed E-state index contributed by atoms with van der Waals surface area (Å²) in [5.41, 5.74) is 13.2. The number of ether oxygens (including phenoxy) is 1. The number of nitrogens with two attached hydrogens (primary N) is 2. The Hall–Kier alpha value is -4.38. The molecule has 2 aromatic carbocycles. The number of H-pyrrole nitrogens is 1. The van der Waals surface area contributed by atoms with E-state index >= 15 is 0 Å². The van der Waals surface area contributed by atoms with Gasteiger partial charge in [0, 0.05) is 34.4 Å². The van der Waals surface area contributed by atoms with Crippen LogP contribution in [0.2, 0.25) is 0 Å². The SMILES string of the molecule is COc1ccc(N(C(=O)c2snc(C(N)=O)c2N)C(C(=O)NC2CCCC2)c2c[nH]c3ccccc23)cc1. The molecule has 0 saturated heterocycles. The van der Waals surface area contributed by atoms with Gasteiger partial charge in [0.25, 0.3) is 11.8 Å². The number of hydrogen-bond donors (Lipinski definition) is 4. The van der Waals surface area contributed by atoms with Crippen LogP contribution in [0, 0.1) is 0 Å². The first-order valence-corrected chi connectivity index (χ1v) is 13.0. The topological polar surface area (TPSA) is 156 Å². The van der Waals surface area contributed by atoms with Crippen molar-refractivity contribution in [1.82, 2.24) is 14.7 Å². The molecule has 2 aromatic heterocycles. The van der Waals surface area contributed by atoms with Crippen molar-refractivity contribution in [2.24, 2.45) is 5.73 Å². The lowest BCUT2D eigenvalue weighted by molar-refractivity contribution is -0.123. The van der Waals surface area contributed by atoms with Gasteiger partial charge < -0.3 is 26.5 Å². The molecule has 1 aliphatic carbocycles. The third kappa shape index (κ3) is 4.68. The van der Waals surface area contributed by atoms with Crippen LogP contribution in [0.15, 0.2) is 54.7 Å². The molecule has 5 rings (SSSR count). The van der Waals surface area contributed by atoms with Crippen LogP contribution in [-0.2, 0) is 4.79 Å². The van der Waals surface area contributed by atoms with Crippen molar-refractivity contribution in [2.75, 3.05) is 17.7 Å². The summed E-state index contributed by atoms with van der Waals surface area (Å²) in [5.74, 6) is -1.13. The molecule has 1 unspecified atom stereocenters. The number of fused-ring (bicyclic) bond motifs is 1. The average molecular weight is 533 g/mol. The van der Waals surface area contributed by atoms with Gasteiger partial charge in [-0.15, -0.1) is 0 Å². The zero-order chi connectivity index (χ0) is 26.8. The Bertz CT molecular complexity index is 1490. The second-order valence-corrected chi connectivity index (χ2v) is 9.97. The highest BCUT2D eigenvalue weighted by molar-refractivity contribution is 7.09. The normalized spacial score (nSPS) is 14.3. The molecular formula is C27H28N6O4S. The van der Waals surface area contributed by atoms with E-state index in [0.29, 0.717) is 17.0 Å². The standard InChI is InChI=1S/C27H28N6O4S/c1-37-17-12-10-16(11-13-17)33(27(36)24-21(28)22(25(29)34)32-38-24)23(26(35)31-15-6-2-3-7-15)19-14-30-20-9-5-4-8-18(19)20/h4-5,8-15,23,30H,2-3,6-7,28H2,1H3,(H2,29,34)(H,31,35). The number of methoxy groups -OCH3 is 1. The smallest absolute Gasteiger partial charge is 0.273 e. The molecule has 10 nitrogen and oxygen atoms in total. The molecule has 1 saturated carbocycles. The van der Waals surface area contributed by atoms with Crippen molar-refractivity contribution < 1.29 is 19.1 Å². The number of aromatic nitrogens is 2. The van der Waals surface area contributed by atoms with Crippen molar-refractivity contribution in [3.63, 3.8) is 0 Å². The zero-order valence-corrected chi connectivity index (χ0v) is 21.6. The Morgan fingerprint density at radius 1 is 1.13 bits per heavy atom. The van der Waals surface area contributed by atoms with Gasteiger partial charge >= 0.3 is 0 Å². The first kappa shape index (κ1) is 25.3. The minimum absolute atomic E-state index is 0.0214. The first-order valence-electron chi connectivity index (χ1n) is 12.3. The van der Waals surface area contributed by atoms with Gasteiger partial charge in [0.15, 0.2) is 5.69 Å². The Morgan fingerprint density at radius 2 is 1.84 bits per heavy atom. The second-order valence-electron chi connectivity index (χ2n) is 9.19. The van der Waals surface area contributed by atoms with Crippen LogP contribution < -0.4 is 26.4 Å². The number of benzene rings is 2. The van der Waals surface area contributed by atoms with Gasteiger partial charge in [-0.05, 0) is 54.7 Å². The molecule has 11 heteroatoms. The predicted octanol–water partition coefficient (Wildman–Crippen LogP) is 3.76. The summed E-state index contributed by atoms with van der Waals surface area (Å²) in [6.07, 6.45) is 5.59. The molecule has 196 valence electrons. The maximum absolute atomic E-state index is 14.2. The monoisotopic (exact) mass is 532 g/mol. The van der Waals surface area contributed by atoms with Crippen LogP contribution in [0.25, 0.3) is 10.9 Å². The summed E-state index contributed by atoms with van der Waals surface area (Å²) in [4.78, 5) is 44.7. The minimum Gasteiger partial charge on any atom is -0.497 e. The largest absolute Gasteiger partial charge is 0.497 e. The summed E-state index contributed by atoms with van der Waals surface area (Å²) in [5, 5.41) is 3.97. The van der Waals surface area contributed by atoms with Crippen LogP contribution in [0.3, 0.4) is 0 Å². The van der Waals surface area contributed by atoms with Gasteiger partial charge in [-0.2, -0.15) is 4.37 Å². The van der Waals surface area contributed by atoms with Gasteiger partial charge in [-0.3, -0.25) is 19.3 Å². The van der Waals surface area contributed by atoms with Crippen LogP contribution in [0.4, 0.5) is 11.4 Å². The van der Waals surface area contributed by atoms with Gasteiger partial charge in [0.1, 0.15) is 16.7 Å². The summed E-state index contributed by atoms with van der Waals surface area (Å²) < 4.78 is 9.31. The van der Waals surface area contributed by atoms with Gasteiger partial charge in [-0.25, -0.2) is 0 Å². The van der Waals surface area contributed by atoms with Crippen LogP contribution >= 0.6 is 11.5 Å². The summed E-state index contributed by atoms with van der Waals surface area (Å²) in [6, 6.07) is 13.4. The highest BCUT2D eigenvalue weighted by atomic mass is 32.1. The molecule has 1 fully saturated rings. The average Bonchev–Trinajstić information content (AvgIpc) is 3.67. The number of para-hydroxylation sites is 1. The van der Waals surface area contributed by atoms with Crippen molar-refractivity contribution in [1.29, 1.82) is 0 Å². The molecule has 4 aromatic rings. The van der Waals surface area contributed by atoms with E-state index in [1.807, 2.05) is 24.3 Å². The number of carbonyl (C=O) groups is 3. The number of primary amides is 1. The molecule has 38 heavy (non-hydrogen) atoms. The van der Waals surface area contributed by atoms with E-state index in [2.05, 4.69) is 14.7 Å². The number of aromatic amines is 1. The van der Waals surface area contributed by atoms with Crippen molar-refractivity contribution in [3.05, 3.63) is 70.9 Å². The predicted molar refractivity (Wildman–Crippen MR) is 146 cm³/mol. The summed E-state index contributed by atoms with van der Waals surface area (Å²) in [6.45, 7) is 0. The van der Waals surface area contributed by atoms with Crippen LogP contribution in [0.1, 0.15) is 57.4 Å². The molecule has 0 aliphatic heterocycles. The maximum atomic E-state index is 14.2. The van der Waals surface area contributed by atoms with Crippen LogP contribution in [0.5, 0.6) is 5.75 Å². The van der Waals surface area contributed by atoms with Crippen LogP contribution in [-0.4, -0.2) is 40.2 Å². The lowest BCUT2D eigenvalue weighted by Crippen LogP contribution is -2.46. The fraction of sp³-hybridized carbons (Fsp3) is 0.259.